The summed E-state index contributed by atoms with van der Waals surface area (Å²) in [6, 6.07) is -0.416. The number of ether oxygens (including phenoxy) is 2. The zero-order valence-corrected chi connectivity index (χ0v) is 18.0. The Morgan fingerprint density at radius 3 is 2.52 bits per heavy atom. The summed E-state index contributed by atoms with van der Waals surface area (Å²) in [5.74, 6) is -1.04. The smallest absolute Gasteiger partial charge is 0.417 e. The quantitative estimate of drug-likeness (QED) is 0.620. The fraction of sp³-hybridized carbons (Fsp3) is 0.682. The van der Waals surface area contributed by atoms with Gasteiger partial charge in [-0.2, -0.15) is 0 Å². The highest BCUT2D eigenvalue weighted by Gasteiger charge is 2.53. The summed E-state index contributed by atoms with van der Waals surface area (Å²) in [7, 11) is 0. The summed E-state index contributed by atoms with van der Waals surface area (Å²) in [6.07, 6.45) is 6.58. The lowest BCUT2D eigenvalue weighted by atomic mass is 9.87. The van der Waals surface area contributed by atoms with Gasteiger partial charge in [0.1, 0.15) is 11.4 Å². The standard InChI is InChI=1S/C22H33NO6/c1-14(2)19-22(4,5)29-21(27)23(19)20(26)15(3)18-17(25)12-11-16(28-18)10-8-6-7-9-13-24/h10-12,14-15,18-19,24H,6-9,13H2,1-5H3/t15-,18+,19-/m0/s1. The number of unbranched alkanes of at least 4 members (excludes halogenated alkanes) is 3. The molecule has 3 atom stereocenters. The van der Waals surface area contributed by atoms with E-state index in [9.17, 15) is 14.4 Å². The third-order valence-electron chi connectivity index (χ3n) is 5.41. The Hall–Kier alpha value is -2.15. The van der Waals surface area contributed by atoms with E-state index in [1.165, 1.54) is 6.08 Å². The van der Waals surface area contributed by atoms with E-state index in [-0.39, 0.29) is 18.3 Å². The van der Waals surface area contributed by atoms with Crippen LogP contribution in [0.4, 0.5) is 4.79 Å². The van der Waals surface area contributed by atoms with Gasteiger partial charge in [0.05, 0.1) is 12.0 Å². The molecule has 1 N–H and O–H groups in total. The molecule has 7 heteroatoms. The van der Waals surface area contributed by atoms with Gasteiger partial charge in [0.25, 0.3) is 0 Å². The number of aliphatic hydroxyl groups is 1. The topological polar surface area (TPSA) is 93.1 Å². The first-order valence-electron chi connectivity index (χ1n) is 10.4. The van der Waals surface area contributed by atoms with Crippen molar-refractivity contribution in [2.24, 2.45) is 11.8 Å². The number of carbonyl (C=O) groups excluding carboxylic acids is 3. The average molecular weight is 408 g/mol. The summed E-state index contributed by atoms with van der Waals surface area (Å²) in [5, 5.41) is 8.83. The molecule has 0 aromatic carbocycles. The average Bonchev–Trinajstić information content (AvgIpc) is 2.90. The molecule has 0 aliphatic carbocycles. The third-order valence-corrected chi connectivity index (χ3v) is 5.41. The van der Waals surface area contributed by atoms with Crippen molar-refractivity contribution in [3.8, 4) is 0 Å². The maximum Gasteiger partial charge on any atom is 0.417 e. The van der Waals surface area contributed by atoms with E-state index in [0.29, 0.717) is 5.76 Å². The first-order valence-corrected chi connectivity index (χ1v) is 10.4. The highest BCUT2D eigenvalue weighted by molar-refractivity contribution is 6.02. The number of amides is 2. The Kier molecular flexibility index (Phi) is 7.63. The minimum atomic E-state index is -0.972. The van der Waals surface area contributed by atoms with E-state index in [0.717, 1.165) is 30.6 Å². The molecule has 1 saturated heterocycles. The number of carbonyl (C=O) groups is 3. The minimum Gasteiger partial charge on any atom is -0.482 e. The second-order valence-electron chi connectivity index (χ2n) is 8.61. The molecule has 162 valence electrons. The number of aliphatic hydroxyl groups excluding tert-OH is 1. The van der Waals surface area contributed by atoms with Gasteiger partial charge in [0.2, 0.25) is 5.91 Å². The van der Waals surface area contributed by atoms with Gasteiger partial charge in [-0.15, -0.1) is 0 Å². The van der Waals surface area contributed by atoms with Crippen LogP contribution in [0.15, 0.2) is 24.0 Å². The van der Waals surface area contributed by atoms with E-state index in [1.807, 2.05) is 19.9 Å². The summed E-state index contributed by atoms with van der Waals surface area (Å²) < 4.78 is 11.2. The highest BCUT2D eigenvalue weighted by Crippen LogP contribution is 2.36. The molecule has 0 saturated carbocycles. The molecule has 0 spiro atoms. The van der Waals surface area contributed by atoms with Gasteiger partial charge in [-0.3, -0.25) is 9.59 Å². The number of hydrogen-bond donors (Lipinski definition) is 1. The molecule has 0 radical (unpaired) electrons. The molecule has 2 heterocycles. The van der Waals surface area contributed by atoms with Crippen LogP contribution in [0, 0.1) is 11.8 Å². The highest BCUT2D eigenvalue weighted by atomic mass is 16.6. The Morgan fingerprint density at radius 2 is 1.90 bits per heavy atom. The van der Waals surface area contributed by atoms with Crippen molar-refractivity contribution in [2.45, 2.75) is 78.0 Å². The number of rotatable bonds is 8. The summed E-state index contributed by atoms with van der Waals surface area (Å²) in [4.78, 5) is 39.1. The van der Waals surface area contributed by atoms with Crippen LogP contribution in [0.2, 0.25) is 0 Å². The van der Waals surface area contributed by atoms with Gasteiger partial charge in [-0.25, -0.2) is 9.69 Å². The van der Waals surface area contributed by atoms with Crippen LogP contribution in [0.3, 0.4) is 0 Å². The minimum absolute atomic E-state index is 0.00449. The van der Waals surface area contributed by atoms with Gasteiger partial charge in [0, 0.05) is 6.61 Å². The zero-order valence-electron chi connectivity index (χ0n) is 18.0. The Labute approximate surface area is 172 Å². The monoisotopic (exact) mass is 407 g/mol. The molecular weight excluding hydrogens is 374 g/mol. The molecule has 0 bridgehead atoms. The predicted molar refractivity (Wildman–Crippen MR) is 108 cm³/mol. The van der Waals surface area contributed by atoms with Crippen molar-refractivity contribution in [3.05, 3.63) is 24.0 Å². The summed E-state index contributed by atoms with van der Waals surface area (Å²) >= 11 is 0. The zero-order chi connectivity index (χ0) is 21.8. The maximum absolute atomic E-state index is 13.2. The van der Waals surface area contributed by atoms with Gasteiger partial charge < -0.3 is 14.6 Å². The van der Waals surface area contributed by atoms with Crippen LogP contribution in [0.25, 0.3) is 0 Å². The fourth-order valence-corrected chi connectivity index (χ4v) is 4.08. The number of allylic oxidation sites excluding steroid dienone is 2. The van der Waals surface area contributed by atoms with Crippen molar-refractivity contribution in [2.75, 3.05) is 6.61 Å². The Morgan fingerprint density at radius 1 is 1.21 bits per heavy atom. The van der Waals surface area contributed by atoms with Gasteiger partial charge in [-0.05, 0) is 64.2 Å². The number of nitrogens with zero attached hydrogens (tertiary/aromatic N) is 1. The van der Waals surface area contributed by atoms with Crippen LogP contribution in [-0.4, -0.2) is 52.1 Å². The van der Waals surface area contributed by atoms with E-state index >= 15 is 0 Å². The second-order valence-corrected chi connectivity index (χ2v) is 8.61. The van der Waals surface area contributed by atoms with Crippen LogP contribution >= 0.6 is 0 Å². The molecule has 0 unspecified atom stereocenters. The van der Waals surface area contributed by atoms with E-state index < -0.39 is 35.7 Å². The maximum atomic E-state index is 13.2. The van der Waals surface area contributed by atoms with Crippen LogP contribution in [0.5, 0.6) is 0 Å². The van der Waals surface area contributed by atoms with Crippen molar-refractivity contribution >= 4 is 17.8 Å². The van der Waals surface area contributed by atoms with E-state index in [1.54, 1.807) is 26.8 Å². The lowest BCUT2D eigenvalue weighted by molar-refractivity contribution is -0.143. The molecule has 7 nitrogen and oxygen atoms in total. The summed E-state index contributed by atoms with van der Waals surface area (Å²) in [6.45, 7) is 9.23. The molecule has 0 aromatic rings. The molecule has 29 heavy (non-hydrogen) atoms. The fourth-order valence-electron chi connectivity index (χ4n) is 4.08. The molecular formula is C22H33NO6. The number of imide groups is 1. The normalized spacial score (nSPS) is 26.0. The van der Waals surface area contributed by atoms with Crippen LogP contribution in [0.1, 0.15) is 60.3 Å². The van der Waals surface area contributed by atoms with E-state index in [4.69, 9.17) is 14.6 Å². The van der Waals surface area contributed by atoms with Crippen molar-refractivity contribution in [3.63, 3.8) is 0 Å². The molecule has 2 aliphatic rings. The number of hydrogen-bond acceptors (Lipinski definition) is 6. The van der Waals surface area contributed by atoms with E-state index in [2.05, 4.69) is 0 Å². The SMILES string of the molecule is CC(C)[C@@H]1N(C(=O)[C@@H](C)[C@H]2OC(=CCCCCCO)C=CC2=O)C(=O)OC1(C)C. The molecule has 2 rings (SSSR count). The molecule has 2 amide bonds. The number of cyclic esters (lactones) is 1. The lowest BCUT2D eigenvalue weighted by Crippen LogP contribution is -2.52. The van der Waals surface area contributed by atoms with Crippen LogP contribution in [-0.2, 0) is 19.1 Å². The Bertz CT molecular complexity index is 693. The van der Waals surface area contributed by atoms with Gasteiger partial charge >= 0.3 is 6.09 Å². The van der Waals surface area contributed by atoms with Crippen molar-refractivity contribution < 1.29 is 29.0 Å². The first-order chi connectivity index (χ1) is 13.6. The lowest BCUT2D eigenvalue weighted by Gasteiger charge is -2.33. The first kappa shape index (κ1) is 23.1. The second kappa shape index (κ2) is 9.57. The van der Waals surface area contributed by atoms with Crippen molar-refractivity contribution in [1.29, 1.82) is 0 Å². The number of ketones is 1. The largest absolute Gasteiger partial charge is 0.482 e. The molecule has 0 aromatic heterocycles. The van der Waals surface area contributed by atoms with Crippen molar-refractivity contribution in [1.82, 2.24) is 4.90 Å². The molecule has 1 fully saturated rings. The predicted octanol–water partition coefficient (Wildman–Crippen LogP) is 3.37. The third kappa shape index (κ3) is 5.26. The van der Waals surface area contributed by atoms with Crippen LogP contribution < -0.4 is 0 Å². The van der Waals surface area contributed by atoms with Gasteiger partial charge in [0.15, 0.2) is 11.9 Å². The summed E-state index contributed by atoms with van der Waals surface area (Å²) in [5.41, 5.74) is -0.794. The molecule has 2 aliphatic heterocycles. The Balaban J connectivity index is 2.11. The van der Waals surface area contributed by atoms with Gasteiger partial charge in [-0.1, -0.05) is 20.3 Å².